The lowest BCUT2D eigenvalue weighted by Gasteiger charge is -2.21. The van der Waals surface area contributed by atoms with Crippen LogP contribution in [-0.4, -0.2) is 29.7 Å². The summed E-state index contributed by atoms with van der Waals surface area (Å²) in [4.78, 5) is 26.4. The van der Waals surface area contributed by atoms with E-state index in [0.29, 0.717) is 6.42 Å². The van der Waals surface area contributed by atoms with Crippen LogP contribution in [0.15, 0.2) is 0 Å². The molecule has 29 heavy (non-hydrogen) atoms. The fourth-order valence-electron chi connectivity index (χ4n) is 3.78. The second kappa shape index (κ2) is 21.8. The molecule has 0 aromatic carbocycles. The molecular formula is C26H51NO2. The summed E-state index contributed by atoms with van der Waals surface area (Å²) in [5.74, 6) is -0.405. The van der Waals surface area contributed by atoms with Gasteiger partial charge < -0.3 is 4.90 Å². The average molecular weight is 410 g/mol. The topological polar surface area (TPSA) is 37.4 Å². The Balaban J connectivity index is 3.60. The van der Waals surface area contributed by atoms with E-state index in [2.05, 4.69) is 20.8 Å². The molecule has 0 aliphatic rings. The van der Waals surface area contributed by atoms with Crippen molar-refractivity contribution in [3.8, 4) is 0 Å². The highest BCUT2D eigenvalue weighted by atomic mass is 16.2. The SMILES string of the molecule is CCCCCCCCCCCCCCCCC(=O)C(=O)N(CCCC)CCCC. The van der Waals surface area contributed by atoms with Crippen molar-refractivity contribution >= 4 is 11.7 Å². The van der Waals surface area contributed by atoms with Crippen LogP contribution in [0, 0.1) is 0 Å². The van der Waals surface area contributed by atoms with Gasteiger partial charge in [0.15, 0.2) is 0 Å². The van der Waals surface area contributed by atoms with Gasteiger partial charge in [0.1, 0.15) is 0 Å². The number of Topliss-reactive ketones (excluding diaryl/α,β-unsaturated/α-hetero) is 1. The summed E-state index contributed by atoms with van der Waals surface area (Å²) in [5.41, 5.74) is 0. The standard InChI is InChI=1S/C26H51NO2/c1-4-7-10-11-12-13-14-15-16-17-18-19-20-21-22-25(28)26(29)27(23-8-5-2)24-9-6-3/h4-24H2,1-3H3. The summed E-state index contributed by atoms with van der Waals surface area (Å²) in [5, 5.41) is 0. The minimum Gasteiger partial charge on any atom is -0.336 e. The van der Waals surface area contributed by atoms with Crippen LogP contribution in [0.25, 0.3) is 0 Å². The van der Waals surface area contributed by atoms with Crippen LogP contribution in [0.3, 0.4) is 0 Å². The average Bonchev–Trinajstić information content (AvgIpc) is 2.73. The first-order valence-corrected chi connectivity index (χ1v) is 13.0. The molecule has 1 amide bonds. The molecule has 3 nitrogen and oxygen atoms in total. The molecule has 0 N–H and O–H groups in total. The number of hydrogen-bond donors (Lipinski definition) is 0. The summed E-state index contributed by atoms with van der Waals surface area (Å²) in [6.07, 6.45) is 22.8. The largest absolute Gasteiger partial charge is 0.336 e. The number of carbonyl (C=O) groups excluding carboxylic acids is 2. The molecule has 0 aromatic heterocycles. The number of unbranched alkanes of at least 4 members (excludes halogenated alkanes) is 15. The first kappa shape index (κ1) is 28.1. The van der Waals surface area contributed by atoms with Gasteiger partial charge in [0.05, 0.1) is 0 Å². The van der Waals surface area contributed by atoms with Crippen LogP contribution in [0.1, 0.15) is 143 Å². The molecule has 0 fully saturated rings. The van der Waals surface area contributed by atoms with Crippen molar-refractivity contribution in [3.05, 3.63) is 0 Å². The third-order valence-electron chi connectivity index (χ3n) is 5.85. The van der Waals surface area contributed by atoms with Crippen molar-refractivity contribution in [3.63, 3.8) is 0 Å². The molecule has 0 heterocycles. The molecule has 0 aliphatic carbocycles. The van der Waals surface area contributed by atoms with Crippen LogP contribution in [0.5, 0.6) is 0 Å². The molecule has 172 valence electrons. The maximum Gasteiger partial charge on any atom is 0.289 e. The lowest BCUT2D eigenvalue weighted by atomic mass is 10.0. The molecule has 0 saturated carbocycles. The first-order chi connectivity index (χ1) is 14.2. The molecule has 0 spiro atoms. The summed E-state index contributed by atoms with van der Waals surface area (Å²) in [6, 6.07) is 0. The Morgan fingerprint density at radius 1 is 0.483 bits per heavy atom. The van der Waals surface area contributed by atoms with Crippen molar-refractivity contribution < 1.29 is 9.59 Å². The van der Waals surface area contributed by atoms with Gasteiger partial charge in [0, 0.05) is 19.5 Å². The van der Waals surface area contributed by atoms with Gasteiger partial charge in [0.2, 0.25) is 5.78 Å². The third-order valence-corrected chi connectivity index (χ3v) is 5.85. The number of hydrogen-bond acceptors (Lipinski definition) is 2. The molecule has 0 bridgehead atoms. The van der Waals surface area contributed by atoms with E-state index < -0.39 is 0 Å². The third kappa shape index (κ3) is 17.7. The van der Waals surface area contributed by atoms with Gasteiger partial charge in [-0.15, -0.1) is 0 Å². The Kier molecular flexibility index (Phi) is 21.2. The van der Waals surface area contributed by atoms with Crippen LogP contribution >= 0.6 is 0 Å². The summed E-state index contributed by atoms with van der Waals surface area (Å²) in [7, 11) is 0. The zero-order chi connectivity index (χ0) is 21.6. The quantitative estimate of drug-likeness (QED) is 0.135. The van der Waals surface area contributed by atoms with E-state index >= 15 is 0 Å². The summed E-state index contributed by atoms with van der Waals surface area (Å²) >= 11 is 0. The monoisotopic (exact) mass is 409 g/mol. The lowest BCUT2D eigenvalue weighted by Crippen LogP contribution is -2.38. The van der Waals surface area contributed by atoms with Crippen LogP contribution in [0.4, 0.5) is 0 Å². The zero-order valence-corrected chi connectivity index (χ0v) is 20.1. The van der Waals surface area contributed by atoms with E-state index in [-0.39, 0.29) is 11.7 Å². The molecule has 0 aromatic rings. The number of carbonyl (C=O) groups is 2. The van der Waals surface area contributed by atoms with E-state index in [1.54, 1.807) is 4.90 Å². The summed E-state index contributed by atoms with van der Waals surface area (Å²) in [6.45, 7) is 7.99. The van der Waals surface area contributed by atoms with Gasteiger partial charge >= 0.3 is 0 Å². The van der Waals surface area contributed by atoms with Crippen LogP contribution in [0.2, 0.25) is 0 Å². The van der Waals surface area contributed by atoms with Crippen molar-refractivity contribution in [2.24, 2.45) is 0 Å². The molecular weight excluding hydrogens is 358 g/mol. The van der Waals surface area contributed by atoms with E-state index in [1.165, 1.54) is 77.0 Å². The van der Waals surface area contributed by atoms with Crippen LogP contribution in [-0.2, 0) is 9.59 Å². The Labute approximate surface area is 182 Å². The molecule has 0 radical (unpaired) electrons. The van der Waals surface area contributed by atoms with Crippen molar-refractivity contribution in [1.29, 1.82) is 0 Å². The van der Waals surface area contributed by atoms with E-state index in [0.717, 1.165) is 51.6 Å². The highest BCUT2D eigenvalue weighted by Gasteiger charge is 2.20. The van der Waals surface area contributed by atoms with Gasteiger partial charge in [-0.05, 0) is 19.3 Å². The van der Waals surface area contributed by atoms with Gasteiger partial charge in [-0.3, -0.25) is 9.59 Å². The van der Waals surface area contributed by atoms with Gasteiger partial charge in [-0.25, -0.2) is 0 Å². The summed E-state index contributed by atoms with van der Waals surface area (Å²) < 4.78 is 0. The van der Waals surface area contributed by atoms with Gasteiger partial charge in [-0.1, -0.05) is 117 Å². The maximum atomic E-state index is 12.4. The lowest BCUT2D eigenvalue weighted by molar-refractivity contribution is -0.144. The van der Waals surface area contributed by atoms with Crippen molar-refractivity contribution in [2.75, 3.05) is 13.1 Å². The smallest absolute Gasteiger partial charge is 0.289 e. The Hall–Kier alpha value is -0.860. The first-order valence-electron chi connectivity index (χ1n) is 13.0. The fraction of sp³-hybridized carbons (Fsp3) is 0.923. The normalized spacial score (nSPS) is 11.0. The van der Waals surface area contributed by atoms with E-state index in [9.17, 15) is 9.59 Å². The number of amides is 1. The number of rotatable bonds is 22. The molecule has 0 aliphatic heterocycles. The second-order valence-electron chi connectivity index (χ2n) is 8.77. The maximum absolute atomic E-state index is 12.4. The van der Waals surface area contributed by atoms with Crippen molar-refractivity contribution in [1.82, 2.24) is 4.90 Å². The van der Waals surface area contributed by atoms with E-state index in [1.807, 2.05) is 0 Å². The molecule has 0 rings (SSSR count). The predicted octanol–water partition coefficient (Wildman–Crippen LogP) is 7.86. The van der Waals surface area contributed by atoms with Crippen LogP contribution < -0.4 is 0 Å². The van der Waals surface area contributed by atoms with E-state index in [4.69, 9.17) is 0 Å². The number of nitrogens with zero attached hydrogens (tertiary/aromatic N) is 1. The minimum absolute atomic E-state index is 0.170. The molecule has 0 saturated heterocycles. The second-order valence-corrected chi connectivity index (χ2v) is 8.77. The number of ketones is 1. The Morgan fingerprint density at radius 2 is 0.828 bits per heavy atom. The molecule has 3 heteroatoms. The van der Waals surface area contributed by atoms with Crippen molar-refractivity contribution in [2.45, 2.75) is 143 Å². The van der Waals surface area contributed by atoms with Gasteiger partial charge in [0.25, 0.3) is 5.91 Å². The fourth-order valence-corrected chi connectivity index (χ4v) is 3.78. The van der Waals surface area contributed by atoms with Gasteiger partial charge in [-0.2, -0.15) is 0 Å². The zero-order valence-electron chi connectivity index (χ0n) is 20.1. The Bertz CT molecular complexity index is 373. The Morgan fingerprint density at radius 3 is 1.21 bits per heavy atom. The predicted molar refractivity (Wildman–Crippen MR) is 126 cm³/mol. The molecule has 0 unspecified atom stereocenters. The molecule has 0 atom stereocenters. The highest BCUT2D eigenvalue weighted by Crippen LogP contribution is 2.13. The minimum atomic E-state index is -0.235. The highest BCUT2D eigenvalue weighted by molar-refractivity contribution is 6.36.